The van der Waals surface area contributed by atoms with Crippen molar-refractivity contribution >= 4 is 15.9 Å². The molecule has 0 fully saturated rings. The van der Waals surface area contributed by atoms with Gasteiger partial charge >= 0.3 is 0 Å². The minimum absolute atomic E-state index is 0.0875. The summed E-state index contributed by atoms with van der Waals surface area (Å²) < 4.78 is 23.1. The van der Waals surface area contributed by atoms with Gasteiger partial charge in [0.15, 0.2) is 0 Å². The number of nitrogens with two attached hydrogens (primary N) is 1. The summed E-state index contributed by atoms with van der Waals surface area (Å²) in [5.74, 6) is 0. The van der Waals surface area contributed by atoms with E-state index in [0.717, 1.165) is 55.0 Å². The summed E-state index contributed by atoms with van der Waals surface area (Å²) in [6.45, 7) is 14.0. The Balaban J connectivity index is 0.00000736. The number of fused-ring (bicyclic) bond motifs is 6. The molecule has 0 amide bonds. The second-order valence-corrected chi connectivity index (χ2v) is 30.3. The first-order chi connectivity index (χ1) is 69.1. The maximum atomic E-state index is 7.61. The molecular formula is C92H144BrNO46. The van der Waals surface area contributed by atoms with Crippen LogP contribution in [-0.2, 0) is 225 Å². The lowest BCUT2D eigenvalue weighted by molar-refractivity contribution is -0.379. The van der Waals surface area contributed by atoms with Crippen LogP contribution < -0.4 is 5.73 Å². The van der Waals surface area contributed by atoms with Gasteiger partial charge in [-0.1, -0.05) is 102 Å². The molecule has 0 spiro atoms. The first kappa shape index (κ1) is 123. The van der Waals surface area contributed by atoms with Gasteiger partial charge in [-0.2, -0.15) is 0 Å². The first-order valence-electron chi connectivity index (χ1n) is 46.5. The molecule has 0 saturated heterocycles. The van der Waals surface area contributed by atoms with Crippen molar-refractivity contribution < 1.29 is 225 Å². The minimum atomic E-state index is -1.17. The molecule has 47 nitrogen and oxygen atoms in total. The number of methoxy groups -OCH3 is 2. The lowest BCUT2D eigenvalue weighted by Gasteiger charge is -2.33. The van der Waals surface area contributed by atoms with Crippen LogP contribution in [0.4, 0.5) is 0 Å². The van der Waals surface area contributed by atoms with E-state index in [9.17, 15) is 0 Å². The van der Waals surface area contributed by atoms with Gasteiger partial charge in [0.05, 0.1) is 26.4 Å². The van der Waals surface area contributed by atoms with E-state index in [1.807, 2.05) is 0 Å². The molecule has 5 aromatic carbocycles. The van der Waals surface area contributed by atoms with Crippen molar-refractivity contribution in [3.8, 4) is 44.5 Å². The Hall–Kier alpha value is -5.30. The molecule has 0 heterocycles. The number of rotatable bonds is 100. The highest BCUT2D eigenvalue weighted by Crippen LogP contribution is 2.57. The van der Waals surface area contributed by atoms with Crippen molar-refractivity contribution in [3.63, 3.8) is 0 Å². The molecule has 2 aliphatic carbocycles. The highest BCUT2D eigenvalue weighted by molar-refractivity contribution is 9.10. The number of aliphatic hydroxyl groups excluding tert-OH is 1. The summed E-state index contributed by atoms with van der Waals surface area (Å²) in [7, 11) is 3.13. The Labute approximate surface area is 824 Å². The Bertz CT molecular complexity index is 3610. The number of benzene rings is 5. The lowest BCUT2D eigenvalue weighted by Crippen LogP contribution is -2.27. The Morgan fingerprint density at radius 2 is 0.443 bits per heavy atom. The quantitative estimate of drug-likeness (QED) is 0.0141. The summed E-state index contributed by atoms with van der Waals surface area (Å²) in [6, 6.07) is 36.5. The van der Waals surface area contributed by atoms with Gasteiger partial charge in [-0.15, -0.1) is 0 Å². The highest BCUT2D eigenvalue weighted by atomic mass is 79.9. The van der Waals surface area contributed by atoms with Crippen LogP contribution >= 0.6 is 15.9 Å². The number of ether oxygens (including phenoxy) is 4. The third-order valence-electron chi connectivity index (χ3n) is 19.0. The molecule has 5 aromatic rings. The van der Waals surface area contributed by atoms with Gasteiger partial charge in [0.25, 0.3) is 0 Å². The third-order valence-corrected chi connectivity index (χ3v) is 19.5. The van der Waals surface area contributed by atoms with Crippen molar-refractivity contribution in [3.05, 3.63) is 129 Å². The first-order valence-corrected chi connectivity index (χ1v) is 47.2. The van der Waals surface area contributed by atoms with Crippen LogP contribution in [0.3, 0.4) is 0 Å². The molecule has 140 heavy (non-hydrogen) atoms. The van der Waals surface area contributed by atoms with Crippen LogP contribution in [0.15, 0.2) is 102 Å². The minimum Gasteiger partial charge on any atom is -0.382 e. The lowest BCUT2D eigenvalue weighted by atomic mass is 9.71. The highest BCUT2D eigenvalue weighted by Gasteiger charge is 2.44. The van der Waals surface area contributed by atoms with Crippen LogP contribution in [0, 0.1) is 6.92 Å². The molecule has 0 aromatic heterocycles. The molecular weight excluding hydrogens is 1930 g/mol. The fourth-order valence-electron chi connectivity index (χ4n) is 13.1. The Kier molecular flexibility index (Phi) is 75.6. The molecule has 1 unspecified atom stereocenters. The van der Waals surface area contributed by atoms with E-state index >= 15 is 0 Å². The molecule has 4 N–H and O–H groups in total. The van der Waals surface area contributed by atoms with Crippen LogP contribution in [0.5, 0.6) is 0 Å². The maximum Gasteiger partial charge on any atom is 0.148 e. The molecule has 0 saturated carbocycles. The molecule has 800 valence electrons. The average Bonchev–Trinajstić information content (AvgIpc) is 1.56. The van der Waals surface area contributed by atoms with E-state index in [1.165, 1.54) is 73.7 Å². The number of halogens is 1. The fourth-order valence-corrected chi connectivity index (χ4v) is 13.4. The summed E-state index contributed by atoms with van der Waals surface area (Å²) in [5, 5.41) is 15.2. The zero-order valence-corrected chi connectivity index (χ0v) is 82.4. The summed E-state index contributed by atoms with van der Waals surface area (Å²) in [4.78, 5) is 201. The maximum absolute atomic E-state index is 7.61. The zero-order valence-electron chi connectivity index (χ0n) is 80.8. The van der Waals surface area contributed by atoms with Crippen LogP contribution in [0.25, 0.3) is 44.5 Å². The monoisotopic (exact) mass is 2080 g/mol. The van der Waals surface area contributed by atoms with Crippen LogP contribution in [-0.4, -0.2) is 341 Å². The van der Waals surface area contributed by atoms with Crippen LogP contribution in [0.2, 0.25) is 0 Å². The Morgan fingerprint density at radius 3 is 0.686 bits per heavy atom. The number of hydrogen-bond acceptors (Lipinski definition) is 47. The molecule has 0 bridgehead atoms. The molecule has 0 radical (unpaired) electrons. The number of aryl methyl sites for hydroxylation is 1. The topological polar surface area (TPSA) is 473 Å². The van der Waals surface area contributed by atoms with Crippen molar-refractivity contribution in [1.29, 1.82) is 0 Å². The van der Waals surface area contributed by atoms with Crippen LogP contribution in [0.1, 0.15) is 86.6 Å². The van der Waals surface area contributed by atoms with E-state index in [2.05, 4.69) is 127 Å². The summed E-state index contributed by atoms with van der Waals surface area (Å²) in [5.41, 5.74) is 21.7. The van der Waals surface area contributed by atoms with Gasteiger partial charge in [0.2, 0.25) is 0 Å². The van der Waals surface area contributed by atoms with E-state index in [1.54, 1.807) is 14.2 Å². The van der Waals surface area contributed by atoms with Gasteiger partial charge in [0, 0.05) is 42.7 Å². The van der Waals surface area contributed by atoms with Crippen molar-refractivity contribution in [2.45, 2.75) is 82.8 Å². The second-order valence-electron chi connectivity index (χ2n) is 29.4. The second kappa shape index (κ2) is 85.7. The standard InChI is InChI=1S/C90H138BrNO44.C2H6O2/c1-75-9-11-76(12-10-75)77-13-17-81-82-18-14-78(72-86(82)89(2,85(81)71-77)21-5-6-24-92)79-15-19-83-84-20-16-80(91)74-88(84)90(87(83)73-79,22-7-25-95-29-33-99-103-37-41-107-111-45-49-115-119-53-57-123-127-61-65-131-135-69-67-133-129-63-59-125-121-55-51-117-113-47-43-109-105-39-35-101-97-31-27-93-3)23-8-26-96-30-34-100-104-38-42-108-112-46-50-116-120-54-58-124-128-62-66-132-136-70-68-134-130-64-60-126-122-56-52-118-114-48-44-110-106-40-36-102-98-32-28-94-4;1-2(3)4/h9-20,71-74H,5-8,21-70,92H2,1-4H3;2-4H,1H3. The summed E-state index contributed by atoms with van der Waals surface area (Å²) >= 11 is 3.86. The van der Waals surface area contributed by atoms with E-state index in [0.29, 0.717) is 59.4 Å². The Morgan fingerprint density at radius 1 is 0.243 bits per heavy atom. The van der Waals surface area contributed by atoms with Gasteiger partial charge in [-0.25, -0.2) is 196 Å². The van der Waals surface area contributed by atoms with Gasteiger partial charge in [-0.05, 0) is 156 Å². The van der Waals surface area contributed by atoms with E-state index < -0.39 is 11.7 Å². The van der Waals surface area contributed by atoms with Crippen molar-refractivity contribution in [2.75, 3.05) is 325 Å². The SMILES string of the molecule is CC(O)O.COCCOOCCOOCCOOCCOOCCOOCCOOCCOOCCOOCCOOCCOOCCOCCCC1(CCCOCCOOCCOOCCOOCCOOCCOOCCOOCCOOCCOOCCOOCCOOCCOC)c2cc(Br)ccc2-c2ccc(-c3ccc4c(c3)C(C)(CCCCN)c3cc(-c5ccc(C)cc5)ccc3-4)cc21. The van der Waals surface area contributed by atoms with Crippen molar-refractivity contribution in [2.24, 2.45) is 5.73 Å². The van der Waals surface area contributed by atoms with Gasteiger partial charge < -0.3 is 34.9 Å². The average molecular weight is 2080 g/mol. The van der Waals surface area contributed by atoms with Crippen molar-refractivity contribution in [1.82, 2.24) is 0 Å². The van der Waals surface area contributed by atoms with Gasteiger partial charge in [-0.3, -0.25) is 0 Å². The smallest absolute Gasteiger partial charge is 0.148 e. The number of hydrogen-bond donors (Lipinski definition) is 3. The number of aliphatic hydroxyl groups is 2. The molecule has 48 heteroatoms. The van der Waals surface area contributed by atoms with Gasteiger partial charge in [0.1, 0.15) is 271 Å². The summed E-state index contributed by atoms with van der Waals surface area (Å²) in [6.07, 6.45) is 4.87. The molecule has 0 aliphatic heterocycles. The molecule has 2 aliphatic rings. The number of unbranched alkanes of at least 4 members (excludes halogenated alkanes) is 1. The predicted octanol–water partition coefficient (Wildman–Crippen LogP) is 9.94. The third kappa shape index (κ3) is 57.1. The van der Waals surface area contributed by atoms with E-state index in [-0.39, 0.29) is 256 Å². The molecule has 7 rings (SSSR count). The molecule has 1 atom stereocenters. The normalized spacial score (nSPS) is 13.6. The predicted molar refractivity (Wildman–Crippen MR) is 487 cm³/mol. The largest absolute Gasteiger partial charge is 0.382 e. The zero-order chi connectivity index (χ0) is 99.3. The fraction of sp³-hybridized carbons (Fsp3) is 0.674. The van der Waals surface area contributed by atoms with E-state index in [4.69, 9.17) is 230 Å².